The second-order valence-electron chi connectivity index (χ2n) is 5.16. The van der Waals surface area contributed by atoms with Gasteiger partial charge < -0.3 is 9.84 Å². The lowest BCUT2D eigenvalue weighted by Crippen LogP contribution is -2.43. The van der Waals surface area contributed by atoms with Gasteiger partial charge in [0.2, 0.25) is 0 Å². The molecule has 1 aliphatic carbocycles. The van der Waals surface area contributed by atoms with Gasteiger partial charge in [-0.25, -0.2) is 0 Å². The topological polar surface area (TPSA) is 29.5 Å². The van der Waals surface area contributed by atoms with E-state index in [1.54, 1.807) is 11.3 Å². The van der Waals surface area contributed by atoms with Crippen LogP contribution in [0, 0.1) is 5.92 Å². The van der Waals surface area contributed by atoms with Crippen LogP contribution in [0.4, 0.5) is 0 Å². The standard InChI is InChI=1S/C14H22O2S/c1-3-16-14(7-4-5-11(2)9-14)13(15)12-6-8-17-10-12/h6,8,10-11,13,15H,3-5,7,9H2,1-2H3. The molecule has 0 radical (unpaired) electrons. The summed E-state index contributed by atoms with van der Waals surface area (Å²) in [5.74, 6) is 0.642. The van der Waals surface area contributed by atoms with Crippen molar-refractivity contribution in [1.29, 1.82) is 0 Å². The zero-order valence-corrected chi connectivity index (χ0v) is 11.5. The fourth-order valence-corrected chi connectivity index (χ4v) is 3.70. The van der Waals surface area contributed by atoms with Crippen LogP contribution in [0.25, 0.3) is 0 Å². The van der Waals surface area contributed by atoms with Gasteiger partial charge in [0, 0.05) is 6.61 Å². The lowest BCUT2D eigenvalue weighted by molar-refractivity contribution is -0.149. The summed E-state index contributed by atoms with van der Waals surface area (Å²) in [4.78, 5) is 0. The minimum absolute atomic E-state index is 0.354. The molecule has 3 heteroatoms. The molecule has 2 nitrogen and oxygen atoms in total. The van der Waals surface area contributed by atoms with Gasteiger partial charge in [0.1, 0.15) is 6.10 Å². The van der Waals surface area contributed by atoms with E-state index in [-0.39, 0.29) is 5.60 Å². The molecule has 1 fully saturated rings. The molecule has 3 unspecified atom stereocenters. The van der Waals surface area contributed by atoms with Crippen molar-refractivity contribution in [2.45, 2.75) is 51.2 Å². The second-order valence-corrected chi connectivity index (χ2v) is 5.94. The summed E-state index contributed by atoms with van der Waals surface area (Å²) < 4.78 is 5.98. The second kappa shape index (κ2) is 5.51. The number of aliphatic hydroxyl groups excluding tert-OH is 1. The lowest BCUT2D eigenvalue weighted by Gasteiger charge is -2.43. The summed E-state index contributed by atoms with van der Waals surface area (Å²) in [5.41, 5.74) is 0.658. The third-order valence-corrected chi connectivity index (χ3v) is 4.48. The Morgan fingerprint density at radius 3 is 3.06 bits per heavy atom. The van der Waals surface area contributed by atoms with Crippen molar-refractivity contribution in [1.82, 2.24) is 0 Å². The largest absolute Gasteiger partial charge is 0.385 e. The molecule has 0 spiro atoms. The van der Waals surface area contributed by atoms with Gasteiger partial charge >= 0.3 is 0 Å². The Bertz CT molecular complexity index is 332. The highest BCUT2D eigenvalue weighted by molar-refractivity contribution is 7.07. The predicted molar refractivity (Wildman–Crippen MR) is 71.3 cm³/mol. The molecule has 1 aliphatic rings. The normalized spacial score (nSPS) is 31.4. The average molecular weight is 254 g/mol. The molecular formula is C14H22O2S. The lowest BCUT2D eigenvalue weighted by atomic mass is 9.74. The van der Waals surface area contributed by atoms with E-state index in [0.717, 1.165) is 24.8 Å². The summed E-state index contributed by atoms with van der Waals surface area (Å²) in [6.07, 6.45) is 3.88. The van der Waals surface area contributed by atoms with E-state index < -0.39 is 6.10 Å². The molecule has 0 aliphatic heterocycles. The fraction of sp³-hybridized carbons (Fsp3) is 0.714. The van der Waals surface area contributed by atoms with Crippen LogP contribution in [0.5, 0.6) is 0 Å². The Balaban J connectivity index is 2.20. The smallest absolute Gasteiger partial charge is 0.109 e. The zero-order valence-electron chi connectivity index (χ0n) is 10.7. The van der Waals surface area contributed by atoms with Crippen molar-refractivity contribution in [3.05, 3.63) is 22.4 Å². The van der Waals surface area contributed by atoms with E-state index in [9.17, 15) is 5.11 Å². The molecule has 0 amide bonds. The Morgan fingerprint density at radius 2 is 2.47 bits per heavy atom. The first-order valence-corrected chi connectivity index (χ1v) is 7.46. The van der Waals surface area contributed by atoms with Crippen LogP contribution in [0.2, 0.25) is 0 Å². The van der Waals surface area contributed by atoms with Gasteiger partial charge in [-0.2, -0.15) is 11.3 Å². The molecule has 0 saturated heterocycles. The van der Waals surface area contributed by atoms with Crippen molar-refractivity contribution < 1.29 is 9.84 Å². The first-order chi connectivity index (χ1) is 8.18. The first kappa shape index (κ1) is 13.1. The molecule has 0 bridgehead atoms. The van der Waals surface area contributed by atoms with E-state index in [0.29, 0.717) is 12.5 Å². The van der Waals surface area contributed by atoms with E-state index in [2.05, 4.69) is 6.92 Å². The third kappa shape index (κ3) is 2.72. The highest BCUT2D eigenvalue weighted by Crippen LogP contribution is 2.43. The van der Waals surface area contributed by atoms with Gasteiger partial charge in [0.05, 0.1) is 5.60 Å². The fourth-order valence-electron chi connectivity index (χ4n) is 3.02. The number of hydrogen-bond acceptors (Lipinski definition) is 3. The summed E-state index contributed by atoms with van der Waals surface area (Å²) in [5, 5.41) is 14.7. The van der Waals surface area contributed by atoms with Gasteiger partial charge in [-0.05, 0) is 48.1 Å². The van der Waals surface area contributed by atoms with E-state index in [1.165, 1.54) is 6.42 Å². The SMILES string of the molecule is CCOC1(C(O)c2ccsc2)CCCC(C)C1. The molecule has 0 aromatic carbocycles. The molecule has 1 N–H and O–H groups in total. The van der Waals surface area contributed by atoms with Gasteiger partial charge in [0.15, 0.2) is 0 Å². The minimum Gasteiger partial charge on any atom is -0.385 e. The van der Waals surface area contributed by atoms with Crippen molar-refractivity contribution in [3.63, 3.8) is 0 Å². The number of thiophene rings is 1. The van der Waals surface area contributed by atoms with Gasteiger partial charge in [-0.1, -0.05) is 19.8 Å². The van der Waals surface area contributed by atoms with Crippen molar-refractivity contribution in [2.75, 3.05) is 6.61 Å². The first-order valence-electron chi connectivity index (χ1n) is 6.52. The molecule has 1 aromatic heterocycles. The molecule has 1 saturated carbocycles. The van der Waals surface area contributed by atoms with Gasteiger partial charge in [-0.3, -0.25) is 0 Å². The molecule has 3 atom stereocenters. The van der Waals surface area contributed by atoms with E-state index >= 15 is 0 Å². The summed E-state index contributed by atoms with van der Waals surface area (Å²) in [6, 6.07) is 2.01. The Morgan fingerprint density at radius 1 is 1.65 bits per heavy atom. The van der Waals surface area contributed by atoms with Crippen LogP contribution in [0.15, 0.2) is 16.8 Å². The van der Waals surface area contributed by atoms with Crippen LogP contribution >= 0.6 is 11.3 Å². The summed E-state index contributed by atoms with van der Waals surface area (Å²) >= 11 is 1.63. The maximum absolute atomic E-state index is 10.6. The quantitative estimate of drug-likeness (QED) is 0.886. The van der Waals surface area contributed by atoms with Crippen molar-refractivity contribution in [2.24, 2.45) is 5.92 Å². The van der Waals surface area contributed by atoms with Crippen molar-refractivity contribution in [3.8, 4) is 0 Å². The Kier molecular flexibility index (Phi) is 4.23. The van der Waals surface area contributed by atoms with E-state index in [4.69, 9.17) is 4.74 Å². The van der Waals surface area contributed by atoms with Crippen LogP contribution in [-0.4, -0.2) is 17.3 Å². The molecule has 96 valence electrons. The molecule has 1 heterocycles. The molecule has 1 aromatic rings. The number of hydrogen-bond donors (Lipinski definition) is 1. The predicted octanol–water partition coefficient (Wildman–Crippen LogP) is 3.77. The minimum atomic E-state index is -0.476. The average Bonchev–Trinajstić information content (AvgIpc) is 2.81. The van der Waals surface area contributed by atoms with E-state index in [1.807, 2.05) is 23.8 Å². The number of rotatable bonds is 4. The number of ether oxygens (including phenoxy) is 1. The maximum atomic E-state index is 10.6. The molecule has 2 rings (SSSR count). The molecular weight excluding hydrogens is 232 g/mol. The van der Waals surface area contributed by atoms with Gasteiger partial charge in [-0.15, -0.1) is 0 Å². The Labute approximate surface area is 108 Å². The molecule has 17 heavy (non-hydrogen) atoms. The summed E-state index contributed by atoms with van der Waals surface area (Å²) in [7, 11) is 0. The van der Waals surface area contributed by atoms with Crippen LogP contribution in [-0.2, 0) is 4.74 Å². The summed E-state index contributed by atoms with van der Waals surface area (Å²) in [6.45, 7) is 4.95. The number of aliphatic hydroxyl groups is 1. The third-order valence-electron chi connectivity index (χ3n) is 3.78. The van der Waals surface area contributed by atoms with Crippen LogP contribution < -0.4 is 0 Å². The van der Waals surface area contributed by atoms with Crippen LogP contribution in [0.1, 0.15) is 51.2 Å². The van der Waals surface area contributed by atoms with Crippen molar-refractivity contribution >= 4 is 11.3 Å². The zero-order chi connectivity index (χ0) is 12.3. The van der Waals surface area contributed by atoms with Gasteiger partial charge in [0.25, 0.3) is 0 Å². The monoisotopic (exact) mass is 254 g/mol. The maximum Gasteiger partial charge on any atom is 0.109 e. The highest BCUT2D eigenvalue weighted by Gasteiger charge is 2.42. The highest BCUT2D eigenvalue weighted by atomic mass is 32.1. The Hall–Kier alpha value is -0.380. The van der Waals surface area contributed by atoms with Crippen LogP contribution in [0.3, 0.4) is 0 Å².